The molecule has 0 aliphatic carbocycles. The molecule has 1 nitrogen and oxygen atoms in total. The van der Waals surface area contributed by atoms with Crippen LogP contribution in [0.4, 0.5) is 0 Å². The monoisotopic (exact) mass is 260 g/mol. The van der Waals surface area contributed by atoms with Crippen LogP contribution in [0.2, 0.25) is 0 Å². The first-order chi connectivity index (χ1) is 8.27. The Morgan fingerprint density at radius 1 is 1.00 bits per heavy atom. The Kier molecular flexibility index (Phi) is 4.18. The van der Waals surface area contributed by atoms with E-state index in [0.717, 1.165) is 11.1 Å². The summed E-state index contributed by atoms with van der Waals surface area (Å²) in [7, 11) is 0. The normalized spacial score (nSPS) is 9.94. The van der Waals surface area contributed by atoms with Crippen LogP contribution in [-0.4, -0.2) is 4.38 Å². The largest absolute Gasteiger partial charge is 0.474 e. The number of thiol groups is 1. The van der Waals surface area contributed by atoms with Gasteiger partial charge in [-0.3, -0.25) is 0 Å². The van der Waals surface area contributed by atoms with E-state index < -0.39 is 0 Å². The predicted molar refractivity (Wildman–Crippen MR) is 78.3 cm³/mol. The molecule has 0 atom stereocenters. The first kappa shape index (κ1) is 12.1. The molecule has 0 N–H and O–H groups in total. The van der Waals surface area contributed by atoms with Gasteiger partial charge in [0.2, 0.25) is 4.38 Å². The van der Waals surface area contributed by atoms with Crippen LogP contribution in [0.15, 0.2) is 54.6 Å². The van der Waals surface area contributed by atoms with Crippen molar-refractivity contribution in [2.45, 2.75) is 6.61 Å². The second kappa shape index (κ2) is 5.84. The highest BCUT2D eigenvalue weighted by molar-refractivity contribution is 8.10. The fourth-order valence-electron chi connectivity index (χ4n) is 1.68. The molecule has 2 aromatic rings. The molecular weight excluding hydrogens is 248 g/mol. The van der Waals surface area contributed by atoms with Gasteiger partial charge in [0.15, 0.2) is 0 Å². The summed E-state index contributed by atoms with van der Waals surface area (Å²) in [5.74, 6) is 0. The van der Waals surface area contributed by atoms with Gasteiger partial charge in [0.25, 0.3) is 0 Å². The standard InChI is InChI=1S/C14H12OS2/c16-14(17)15-10-12-8-4-5-9-13(12)11-6-2-1-3-7-11/h1-9H,10H2,(H,16,17). The van der Waals surface area contributed by atoms with Crippen molar-refractivity contribution in [3.8, 4) is 11.1 Å². The van der Waals surface area contributed by atoms with Crippen LogP contribution in [-0.2, 0) is 11.3 Å². The van der Waals surface area contributed by atoms with Crippen molar-refractivity contribution in [1.82, 2.24) is 0 Å². The molecule has 0 aromatic heterocycles. The number of hydrogen-bond acceptors (Lipinski definition) is 2. The van der Waals surface area contributed by atoms with E-state index in [1.54, 1.807) is 0 Å². The van der Waals surface area contributed by atoms with Gasteiger partial charge in [-0.15, -0.1) is 0 Å². The van der Waals surface area contributed by atoms with Gasteiger partial charge >= 0.3 is 0 Å². The lowest BCUT2D eigenvalue weighted by molar-refractivity contribution is 0.311. The maximum atomic E-state index is 5.29. The molecule has 3 heteroatoms. The van der Waals surface area contributed by atoms with Gasteiger partial charge in [0, 0.05) is 0 Å². The first-order valence-electron chi connectivity index (χ1n) is 5.26. The van der Waals surface area contributed by atoms with Crippen molar-refractivity contribution in [2.75, 3.05) is 0 Å². The van der Waals surface area contributed by atoms with Crippen LogP contribution in [0.3, 0.4) is 0 Å². The molecule has 86 valence electrons. The predicted octanol–water partition coefficient (Wildman–Crippen LogP) is 4.08. The maximum absolute atomic E-state index is 5.29. The molecule has 2 aromatic carbocycles. The second-order valence-electron chi connectivity index (χ2n) is 3.58. The molecule has 0 saturated carbocycles. The molecule has 0 amide bonds. The minimum atomic E-state index is 0.271. The maximum Gasteiger partial charge on any atom is 0.217 e. The van der Waals surface area contributed by atoms with E-state index in [2.05, 4.69) is 30.8 Å². The SMILES string of the molecule is S=C(S)OCc1ccccc1-c1ccccc1. The fraction of sp³-hybridized carbons (Fsp3) is 0.0714. The van der Waals surface area contributed by atoms with E-state index in [4.69, 9.17) is 17.0 Å². The summed E-state index contributed by atoms with van der Waals surface area (Å²) in [5, 5.41) is 0. The van der Waals surface area contributed by atoms with Crippen LogP contribution in [0.1, 0.15) is 5.56 Å². The van der Waals surface area contributed by atoms with Crippen molar-refractivity contribution in [3.05, 3.63) is 60.2 Å². The van der Waals surface area contributed by atoms with Crippen molar-refractivity contribution in [1.29, 1.82) is 0 Å². The van der Waals surface area contributed by atoms with Crippen LogP contribution < -0.4 is 0 Å². The highest BCUT2D eigenvalue weighted by Gasteiger charge is 2.04. The number of benzene rings is 2. The summed E-state index contributed by atoms with van der Waals surface area (Å²) in [5.41, 5.74) is 3.45. The third-order valence-corrected chi connectivity index (χ3v) is 2.70. The Labute approximate surface area is 112 Å². The molecule has 0 aliphatic rings. The quantitative estimate of drug-likeness (QED) is 0.657. The lowest BCUT2D eigenvalue weighted by Crippen LogP contribution is -1.96. The zero-order valence-corrected chi connectivity index (χ0v) is 10.9. The molecule has 0 spiro atoms. The molecule has 0 saturated heterocycles. The third kappa shape index (κ3) is 3.32. The van der Waals surface area contributed by atoms with E-state index in [0.29, 0.717) is 6.61 Å². The van der Waals surface area contributed by atoms with E-state index in [1.807, 2.05) is 36.4 Å². The Balaban J connectivity index is 2.31. The van der Waals surface area contributed by atoms with E-state index >= 15 is 0 Å². The highest BCUT2D eigenvalue weighted by atomic mass is 32.1. The fourth-order valence-corrected chi connectivity index (χ4v) is 1.81. The van der Waals surface area contributed by atoms with E-state index in [-0.39, 0.29) is 4.38 Å². The Hall–Kier alpha value is -1.32. The van der Waals surface area contributed by atoms with Crippen molar-refractivity contribution < 1.29 is 4.74 Å². The van der Waals surface area contributed by atoms with Crippen LogP contribution in [0, 0.1) is 0 Å². The topological polar surface area (TPSA) is 9.23 Å². The summed E-state index contributed by atoms with van der Waals surface area (Å²) in [6.45, 7) is 0.452. The molecule has 0 heterocycles. The second-order valence-corrected chi connectivity index (χ2v) is 4.66. The minimum Gasteiger partial charge on any atom is -0.474 e. The van der Waals surface area contributed by atoms with E-state index in [9.17, 15) is 0 Å². The molecule has 0 bridgehead atoms. The molecule has 0 aliphatic heterocycles. The third-order valence-electron chi connectivity index (χ3n) is 2.45. The van der Waals surface area contributed by atoms with Gasteiger partial charge in [-0.2, -0.15) is 0 Å². The number of thiocarbonyl (C=S) groups is 1. The minimum absolute atomic E-state index is 0.271. The highest BCUT2D eigenvalue weighted by Crippen LogP contribution is 2.24. The number of ether oxygens (including phenoxy) is 1. The summed E-state index contributed by atoms with van der Waals surface area (Å²) >= 11 is 8.76. The Morgan fingerprint density at radius 2 is 1.65 bits per heavy atom. The van der Waals surface area contributed by atoms with Crippen molar-refractivity contribution in [2.24, 2.45) is 0 Å². The molecule has 2 rings (SSSR count). The smallest absolute Gasteiger partial charge is 0.217 e. The number of hydrogen-bond donors (Lipinski definition) is 1. The molecular formula is C14H12OS2. The lowest BCUT2D eigenvalue weighted by atomic mass is 10.0. The van der Waals surface area contributed by atoms with Gasteiger partial charge in [-0.25, -0.2) is 0 Å². The summed E-state index contributed by atoms with van der Waals surface area (Å²) in [6, 6.07) is 18.3. The van der Waals surface area contributed by atoms with Gasteiger partial charge in [-0.1, -0.05) is 67.2 Å². The van der Waals surface area contributed by atoms with Crippen molar-refractivity contribution in [3.63, 3.8) is 0 Å². The van der Waals surface area contributed by atoms with Gasteiger partial charge < -0.3 is 4.74 Å². The summed E-state index contributed by atoms with van der Waals surface area (Å²) in [6.07, 6.45) is 0. The Morgan fingerprint density at radius 3 is 2.35 bits per heavy atom. The van der Waals surface area contributed by atoms with Crippen LogP contribution in [0.5, 0.6) is 0 Å². The summed E-state index contributed by atoms with van der Waals surface area (Å²) < 4.78 is 5.56. The molecule has 0 unspecified atom stereocenters. The summed E-state index contributed by atoms with van der Waals surface area (Å²) in [4.78, 5) is 0. The lowest BCUT2D eigenvalue weighted by Gasteiger charge is -2.10. The van der Waals surface area contributed by atoms with Gasteiger partial charge in [0.05, 0.1) is 0 Å². The molecule has 0 fully saturated rings. The molecule has 0 radical (unpaired) electrons. The Bertz CT molecular complexity index is 509. The number of rotatable bonds is 3. The van der Waals surface area contributed by atoms with Gasteiger partial charge in [0.1, 0.15) is 6.61 Å². The van der Waals surface area contributed by atoms with Crippen LogP contribution >= 0.6 is 24.8 Å². The van der Waals surface area contributed by atoms with E-state index in [1.165, 1.54) is 5.56 Å². The average molecular weight is 260 g/mol. The zero-order chi connectivity index (χ0) is 12.1. The first-order valence-corrected chi connectivity index (χ1v) is 6.12. The zero-order valence-electron chi connectivity index (χ0n) is 9.17. The van der Waals surface area contributed by atoms with Gasteiger partial charge in [-0.05, 0) is 28.9 Å². The molecule has 17 heavy (non-hydrogen) atoms. The van der Waals surface area contributed by atoms with Crippen molar-refractivity contribution >= 4 is 29.2 Å². The average Bonchev–Trinajstić information content (AvgIpc) is 2.38. The van der Waals surface area contributed by atoms with Crippen LogP contribution in [0.25, 0.3) is 11.1 Å².